The SMILES string of the molecule is CCC(N)CSCC(=O)N(C)CCC#N. The van der Waals surface area contributed by atoms with E-state index in [2.05, 4.69) is 0 Å². The molecule has 0 bridgehead atoms. The van der Waals surface area contributed by atoms with Gasteiger partial charge in [0.25, 0.3) is 0 Å². The zero-order valence-corrected chi connectivity index (χ0v) is 10.2. The average molecular weight is 229 g/mol. The molecule has 0 aliphatic rings. The van der Waals surface area contributed by atoms with Crippen molar-refractivity contribution >= 4 is 17.7 Å². The van der Waals surface area contributed by atoms with Crippen molar-refractivity contribution in [3.05, 3.63) is 0 Å². The van der Waals surface area contributed by atoms with Crippen LogP contribution in [-0.4, -0.2) is 41.9 Å². The van der Waals surface area contributed by atoms with Gasteiger partial charge in [-0.2, -0.15) is 17.0 Å². The number of nitriles is 1. The molecule has 86 valence electrons. The van der Waals surface area contributed by atoms with E-state index in [-0.39, 0.29) is 11.9 Å². The molecule has 0 heterocycles. The van der Waals surface area contributed by atoms with Gasteiger partial charge in [0.1, 0.15) is 0 Å². The number of amides is 1. The third-order valence-electron chi connectivity index (χ3n) is 2.07. The van der Waals surface area contributed by atoms with Gasteiger partial charge in [0, 0.05) is 25.4 Å². The fraction of sp³-hybridized carbons (Fsp3) is 0.800. The van der Waals surface area contributed by atoms with Crippen LogP contribution in [0.25, 0.3) is 0 Å². The number of hydrogen-bond donors (Lipinski definition) is 1. The second kappa shape index (κ2) is 8.57. The number of rotatable bonds is 7. The lowest BCUT2D eigenvalue weighted by Gasteiger charge is -2.15. The van der Waals surface area contributed by atoms with E-state index >= 15 is 0 Å². The predicted molar refractivity (Wildman–Crippen MR) is 63.5 cm³/mol. The summed E-state index contributed by atoms with van der Waals surface area (Å²) in [5.41, 5.74) is 5.73. The lowest BCUT2D eigenvalue weighted by atomic mass is 10.3. The molecule has 0 aliphatic carbocycles. The summed E-state index contributed by atoms with van der Waals surface area (Å²) in [4.78, 5) is 13.1. The summed E-state index contributed by atoms with van der Waals surface area (Å²) in [6.45, 7) is 2.54. The maximum absolute atomic E-state index is 11.5. The molecule has 1 unspecified atom stereocenters. The van der Waals surface area contributed by atoms with Crippen LogP contribution < -0.4 is 5.73 Å². The molecule has 15 heavy (non-hydrogen) atoms. The Hall–Kier alpha value is -0.730. The first-order valence-corrected chi connectivity index (χ1v) is 6.21. The molecule has 0 saturated heterocycles. The summed E-state index contributed by atoms with van der Waals surface area (Å²) >= 11 is 1.56. The first kappa shape index (κ1) is 14.3. The minimum atomic E-state index is 0.0681. The first-order valence-electron chi connectivity index (χ1n) is 5.06. The summed E-state index contributed by atoms with van der Waals surface area (Å²) < 4.78 is 0. The third kappa shape index (κ3) is 7.23. The van der Waals surface area contributed by atoms with Crippen molar-refractivity contribution in [2.24, 2.45) is 5.73 Å². The Morgan fingerprint density at radius 2 is 2.33 bits per heavy atom. The van der Waals surface area contributed by atoms with Crippen LogP contribution in [0.5, 0.6) is 0 Å². The maximum atomic E-state index is 11.5. The maximum Gasteiger partial charge on any atom is 0.232 e. The van der Waals surface area contributed by atoms with E-state index in [4.69, 9.17) is 11.0 Å². The van der Waals surface area contributed by atoms with Crippen molar-refractivity contribution in [2.75, 3.05) is 25.1 Å². The molecule has 1 amide bonds. The van der Waals surface area contributed by atoms with Gasteiger partial charge in [-0.1, -0.05) is 6.92 Å². The summed E-state index contributed by atoms with van der Waals surface area (Å²) in [7, 11) is 1.72. The Morgan fingerprint density at radius 3 is 2.87 bits per heavy atom. The van der Waals surface area contributed by atoms with Crippen molar-refractivity contribution in [2.45, 2.75) is 25.8 Å². The molecule has 2 N–H and O–H groups in total. The van der Waals surface area contributed by atoms with Crippen LogP contribution in [0.2, 0.25) is 0 Å². The minimum Gasteiger partial charge on any atom is -0.344 e. The van der Waals surface area contributed by atoms with Gasteiger partial charge in [-0.25, -0.2) is 0 Å². The molecule has 0 aromatic carbocycles. The standard InChI is InChI=1S/C10H19N3OS/c1-3-9(12)7-15-8-10(14)13(2)6-4-5-11/h9H,3-4,6-8,12H2,1-2H3. The number of carbonyl (C=O) groups excluding carboxylic acids is 1. The molecule has 0 fully saturated rings. The van der Waals surface area contributed by atoms with Crippen LogP contribution in [-0.2, 0) is 4.79 Å². The molecule has 0 aromatic heterocycles. The molecule has 0 aliphatic heterocycles. The van der Waals surface area contributed by atoms with Crippen LogP contribution >= 0.6 is 11.8 Å². The molecular formula is C10H19N3OS. The normalized spacial score (nSPS) is 11.9. The van der Waals surface area contributed by atoms with E-state index in [0.29, 0.717) is 18.7 Å². The molecular weight excluding hydrogens is 210 g/mol. The number of carbonyl (C=O) groups is 1. The van der Waals surface area contributed by atoms with E-state index in [1.54, 1.807) is 23.7 Å². The van der Waals surface area contributed by atoms with Crippen LogP contribution in [0.15, 0.2) is 0 Å². The predicted octanol–water partition coefficient (Wildman–Crippen LogP) is 0.829. The van der Waals surface area contributed by atoms with Crippen LogP contribution in [0.3, 0.4) is 0 Å². The molecule has 0 aromatic rings. The van der Waals surface area contributed by atoms with Crippen LogP contribution in [0, 0.1) is 11.3 Å². The van der Waals surface area contributed by atoms with Crippen molar-refractivity contribution in [3.63, 3.8) is 0 Å². The van der Waals surface area contributed by atoms with Crippen molar-refractivity contribution in [3.8, 4) is 6.07 Å². The van der Waals surface area contributed by atoms with Crippen molar-refractivity contribution < 1.29 is 4.79 Å². The van der Waals surface area contributed by atoms with Gasteiger partial charge < -0.3 is 10.6 Å². The average Bonchev–Trinajstić information content (AvgIpc) is 2.25. The van der Waals surface area contributed by atoms with Crippen molar-refractivity contribution in [1.29, 1.82) is 5.26 Å². The molecule has 5 heteroatoms. The third-order valence-corrected chi connectivity index (χ3v) is 3.18. The Kier molecular flexibility index (Phi) is 8.15. The van der Waals surface area contributed by atoms with Gasteiger partial charge in [0.2, 0.25) is 5.91 Å². The van der Waals surface area contributed by atoms with E-state index in [9.17, 15) is 4.79 Å². The van der Waals surface area contributed by atoms with E-state index in [1.807, 2.05) is 13.0 Å². The zero-order chi connectivity index (χ0) is 11.7. The molecule has 0 radical (unpaired) electrons. The van der Waals surface area contributed by atoms with E-state index in [1.165, 1.54) is 0 Å². The van der Waals surface area contributed by atoms with Gasteiger partial charge in [-0.15, -0.1) is 0 Å². The molecule has 0 spiro atoms. The van der Waals surface area contributed by atoms with E-state index in [0.717, 1.165) is 12.2 Å². The van der Waals surface area contributed by atoms with Crippen LogP contribution in [0.1, 0.15) is 19.8 Å². The van der Waals surface area contributed by atoms with Gasteiger partial charge in [0.05, 0.1) is 18.2 Å². The number of nitrogens with zero attached hydrogens (tertiary/aromatic N) is 2. The van der Waals surface area contributed by atoms with Crippen molar-refractivity contribution in [1.82, 2.24) is 4.90 Å². The topological polar surface area (TPSA) is 70.1 Å². The monoisotopic (exact) mass is 229 g/mol. The number of hydrogen-bond acceptors (Lipinski definition) is 4. The summed E-state index contributed by atoms with van der Waals surface area (Å²) in [6.07, 6.45) is 1.33. The first-order chi connectivity index (χ1) is 7.11. The Labute approximate surface area is 95.8 Å². The Balaban J connectivity index is 3.60. The summed E-state index contributed by atoms with van der Waals surface area (Å²) in [5, 5.41) is 8.37. The molecule has 0 saturated carbocycles. The highest BCUT2D eigenvalue weighted by atomic mass is 32.2. The Bertz CT molecular complexity index is 227. The largest absolute Gasteiger partial charge is 0.344 e. The summed E-state index contributed by atoms with van der Waals surface area (Å²) in [6, 6.07) is 2.19. The minimum absolute atomic E-state index is 0.0681. The Morgan fingerprint density at radius 1 is 1.67 bits per heavy atom. The molecule has 0 rings (SSSR count). The summed E-state index contributed by atoms with van der Waals surface area (Å²) in [5.74, 6) is 1.34. The molecule has 4 nitrogen and oxygen atoms in total. The van der Waals surface area contributed by atoms with E-state index < -0.39 is 0 Å². The van der Waals surface area contributed by atoms with Crippen LogP contribution in [0.4, 0.5) is 0 Å². The lowest BCUT2D eigenvalue weighted by molar-refractivity contribution is -0.127. The highest BCUT2D eigenvalue weighted by Gasteiger charge is 2.08. The van der Waals surface area contributed by atoms with Gasteiger partial charge in [0.15, 0.2) is 0 Å². The zero-order valence-electron chi connectivity index (χ0n) is 9.40. The fourth-order valence-corrected chi connectivity index (χ4v) is 1.92. The number of thioether (sulfide) groups is 1. The molecule has 1 atom stereocenters. The highest BCUT2D eigenvalue weighted by molar-refractivity contribution is 7.99. The number of nitrogens with two attached hydrogens (primary N) is 1. The quantitative estimate of drug-likeness (QED) is 0.702. The fourth-order valence-electron chi connectivity index (χ4n) is 0.868. The second-order valence-corrected chi connectivity index (χ2v) is 4.44. The van der Waals surface area contributed by atoms with Gasteiger partial charge in [-0.3, -0.25) is 4.79 Å². The second-order valence-electron chi connectivity index (χ2n) is 3.41. The van der Waals surface area contributed by atoms with Gasteiger partial charge in [-0.05, 0) is 6.42 Å². The highest BCUT2D eigenvalue weighted by Crippen LogP contribution is 2.05. The smallest absolute Gasteiger partial charge is 0.232 e. The van der Waals surface area contributed by atoms with Gasteiger partial charge >= 0.3 is 0 Å². The lowest BCUT2D eigenvalue weighted by Crippen LogP contribution is -2.30.